The summed E-state index contributed by atoms with van der Waals surface area (Å²) >= 11 is 7.79. The van der Waals surface area contributed by atoms with Gasteiger partial charge in [0.25, 0.3) is 0 Å². The van der Waals surface area contributed by atoms with E-state index >= 15 is 0 Å². The summed E-state index contributed by atoms with van der Waals surface area (Å²) in [7, 11) is 1.69. The highest BCUT2D eigenvalue weighted by atomic mass is 35.5. The Balaban J connectivity index is 2.52. The van der Waals surface area contributed by atoms with E-state index in [-0.39, 0.29) is 0 Å². The van der Waals surface area contributed by atoms with Crippen LogP contribution in [0.5, 0.6) is 0 Å². The molecule has 15 heavy (non-hydrogen) atoms. The van der Waals surface area contributed by atoms with Crippen LogP contribution in [0.4, 0.5) is 0 Å². The lowest BCUT2D eigenvalue weighted by molar-refractivity contribution is 0.218. The molecular weight excluding hydrogens is 230 g/mol. The minimum Gasteiger partial charge on any atom is -0.384 e. The molecule has 0 aliphatic heterocycles. The highest BCUT2D eigenvalue weighted by Crippen LogP contribution is 2.22. The van der Waals surface area contributed by atoms with Crippen LogP contribution in [0.3, 0.4) is 0 Å². The van der Waals surface area contributed by atoms with Gasteiger partial charge in [0.2, 0.25) is 0 Å². The standard InChI is InChI=1S/C11H12ClNOS/c1-14-4-5-15-8-10-3-2-9(7-13)6-11(10)12/h2-3,6H,4-5,8H2,1H3. The summed E-state index contributed by atoms with van der Waals surface area (Å²) in [6.07, 6.45) is 0. The van der Waals surface area contributed by atoms with Crippen molar-refractivity contribution in [3.63, 3.8) is 0 Å². The minimum atomic E-state index is 0.602. The first-order valence-corrected chi connectivity index (χ1v) is 6.06. The molecule has 0 aliphatic carbocycles. The van der Waals surface area contributed by atoms with Gasteiger partial charge in [-0.05, 0) is 17.7 Å². The lowest BCUT2D eigenvalue weighted by atomic mass is 10.2. The quantitative estimate of drug-likeness (QED) is 0.743. The number of nitriles is 1. The number of halogens is 1. The van der Waals surface area contributed by atoms with Crippen molar-refractivity contribution in [2.45, 2.75) is 5.75 Å². The van der Waals surface area contributed by atoms with Gasteiger partial charge in [0, 0.05) is 23.6 Å². The van der Waals surface area contributed by atoms with Gasteiger partial charge in [-0.15, -0.1) is 0 Å². The van der Waals surface area contributed by atoms with E-state index in [1.165, 1.54) is 0 Å². The third-order valence-corrected chi connectivity index (χ3v) is 3.19. The van der Waals surface area contributed by atoms with Gasteiger partial charge in [0.15, 0.2) is 0 Å². The summed E-state index contributed by atoms with van der Waals surface area (Å²) in [6, 6.07) is 7.46. The van der Waals surface area contributed by atoms with Crippen LogP contribution in [0, 0.1) is 11.3 Å². The van der Waals surface area contributed by atoms with Crippen LogP contribution in [-0.2, 0) is 10.5 Å². The predicted molar refractivity (Wildman–Crippen MR) is 64.2 cm³/mol. The van der Waals surface area contributed by atoms with Gasteiger partial charge in [-0.3, -0.25) is 0 Å². The highest BCUT2D eigenvalue weighted by Gasteiger charge is 2.01. The molecule has 0 N–H and O–H groups in total. The van der Waals surface area contributed by atoms with Crippen molar-refractivity contribution in [3.05, 3.63) is 34.3 Å². The molecular formula is C11H12ClNOS. The molecule has 0 aliphatic rings. The maximum absolute atomic E-state index is 8.67. The summed E-state index contributed by atoms with van der Waals surface area (Å²) in [5, 5.41) is 9.33. The van der Waals surface area contributed by atoms with Gasteiger partial charge >= 0.3 is 0 Å². The third kappa shape index (κ3) is 4.13. The van der Waals surface area contributed by atoms with Crippen LogP contribution >= 0.6 is 23.4 Å². The van der Waals surface area contributed by atoms with Gasteiger partial charge in [-0.1, -0.05) is 17.7 Å². The number of ether oxygens (including phenoxy) is 1. The molecule has 4 heteroatoms. The third-order valence-electron chi connectivity index (χ3n) is 1.87. The van der Waals surface area contributed by atoms with Gasteiger partial charge in [0.05, 0.1) is 18.2 Å². The largest absolute Gasteiger partial charge is 0.384 e. The van der Waals surface area contributed by atoms with Crippen molar-refractivity contribution in [1.82, 2.24) is 0 Å². The maximum Gasteiger partial charge on any atom is 0.0992 e. The van der Waals surface area contributed by atoms with Gasteiger partial charge in [-0.2, -0.15) is 17.0 Å². The Morgan fingerprint density at radius 1 is 1.53 bits per heavy atom. The van der Waals surface area contributed by atoms with Crippen molar-refractivity contribution < 1.29 is 4.74 Å². The predicted octanol–water partition coefficient (Wildman–Crippen LogP) is 3.09. The molecule has 80 valence electrons. The Labute approximate surface area is 99.2 Å². The molecule has 0 spiro atoms. The van der Waals surface area contributed by atoms with Crippen LogP contribution in [0.25, 0.3) is 0 Å². The number of methoxy groups -OCH3 is 1. The van der Waals surface area contributed by atoms with Crippen LogP contribution < -0.4 is 0 Å². The zero-order valence-corrected chi connectivity index (χ0v) is 10.1. The van der Waals surface area contributed by atoms with Crippen molar-refractivity contribution in [2.24, 2.45) is 0 Å². The van der Waals surface area contributed by atoms with Crippen LogP contribution in [0.1, 0.15) is 11.1 Å². The lowest BCUT2D eigenvalue weighted by Crippen LogP contribution is -1.92. The van der Waals surface area contributed by atoms with Gasteiger partial charge in [-0.25, -0.2) is 0 Å². The molecule has 0 amide bonds. The van der Waals surface area contributed by atoms with E-state index in [0.29, 0.717) is 10.6 Å². The number of thioether (sulfide) groups is 1. The Bertz CT molecular complexity index is 362. The zero-order chi connectivity index (χ0) is 11.1. The molecule has 0 saturated carbocycles. The van der Waals surface area contributed by atoms with Gasteiger partial charge in [0.1, 0.15) is 0 Å². The van der Waals surface area contributed by atoms with E-state index in [1.54, 1.807) is 31.0 Å². The average Bonchev–Trinajstić information content (AvgIpc) is 2.26. The second-order valence-electron chi connectivity index (χ2n) is 2.96. The number of nitrogens with zero attached hydrogens (tertiary/aromatic N) is 1. The van der Waals surface area contributed by atoms with Crippen LogP contribution in [-0.4, -0.2) is 19.5 Å². The summed E-state index contributed by atoms with van der Waals surface area (Å²) in [5.74, 6) is 1.81. The SMILES string of the molecule is COCCSCc1ccc(C#N)cc1Cl. The van der Waals surface area contributed by atoms with E-state index in [2.05, 4.69) is 6.07 Å². The second kappa shape index (κ2) is 6.73. The van der Waals surface area contributed by atoms with Crippen molar-refractivity contribution in [3.8, 4) is 6.07 Å². The Kier molecular flexibility index (Phi) is 5.56. The average molecular weight is 242 g/mol. The topological polar surface area (TPSA) is 33.0 Å². The smallest absolute Gasteiger partial charge is 0.0992 e. The first-order chi connectivity index (χ1) is 7.27. The zero-order valence-electron chi connectivity index (χ0n) is 8.50. The Hall–Kier alpha value is -0.690. The number of rotatable bonds is 5. The highest BCUT2D eigenvalue weighted by molar-refractivity contribution is 7.98. The summed E-state index contributed by atoms with van der Waals surface area (Å²) in [4.78, 5) is 0. The molecule has 0 atom stereocenters. The molecule has 2 nitrogen and oxygen atoms in total. The van der Waals surface area contributed by atoms with E-state index in [4.69, 9.17) is 21.6 Å². The number of hydrogen-bond acceptors (Lipinski definition) is 3. The van der Waals surface area contributed by atoms with Gasteiger partial charge < -0.3 is 4.74 Å². The molecule has 0 bridgehead atoms. The van der Waals surface area contributed by atoms with Crippen molar-refractivity contribution in [1.29, 1.82) is 5.26 Å². The van der Waals surface area contributed by atoms with E-state index in [1.807, 2.05) is 6.07 Å². The fourth-order valence-corrected chi connectivity index (χ4v) is 2.29. The number of benzene rings is 1. The van der Waals surface area contributed by atoms with E-state index in [0.717, 1.165) is 23.7 Å². The first-order valence-electron chi connectivity index (χ1n) is 4.53. The second-order valence-corrected chi connectivity index (χ2v) is 4.48. The Morgan fingerprint density at radius 3 is 2.93 bits per heavy atom. The molecule has 1 aromatic rings. The molecule has 0 heterocycles. The van der Waals surface area contributed by atoms with Crippen molar-refractivity contribution >= 4 is 23.4 Å². The van der Waals surface area contributed by atoms with E-state index < -0.39 is 0 Å². The molecule has 0 unspecified atom stereocenters. The maximum atomic E-state index is 8.67. The molecule has 0 radical (unpaired) electrons. The summed E-state index contributed by atoms with van der Waals surface area (Å²) in [5.41, 5.74) is 1.67. The summed E-state index contributed by atoms with van der Waals surface area (Å²) in [6.45, 7) is 0.749. The van der Waals surface area contributed by atoms with Crippen LogP contribution in [0.15, 0.2) is 18.2 Å². The molecule has 0 aromatic heterocycles. The molecule has 0 fully saturated rings. The minimum absolute atomic E-state index is 0.602. The Morgan fingerprint density at radius 2 is 2.33 bits per heavy atom. The van der Waals surface area contributed by atoms with E-state index in [9.17, 15) is 0 Å². The fourth-order valence-electron chi connectivity index (χ4n) is 1.06. The fraction of sp³-hybridized carbons (Fsp3) is 0.364. The lowest BCUT2D eigenvalue weighted by Gasteiger charge is -2.04. The normalized spacial score (nSPS) is 9.93. The van der Waals surface area contributed by atoms with Crippen molar-refractivity contribution in [2.75, 3.05) is 19.5 Å². The molecule has 0 saturated heterocycles. The molecule has 1 aromatic carbocycles. The monoisotopic (exact) mass is 241 g/mol. The van der Waals surface area contributed by atoms with Crippen LogP contribution in [0.2, 0.25) is 5.02 Å². The summed E-state index contributed by atoms with van der Waals surface area (Å²) < 4.78 is 4.95. The number of hydrogen-bond donors (Lipinski definition) is 0. The molecule has 1 rings (SSSR count). The first kappa shape index (κ1) is 12.4.